The fraction of sp³-hybridized carbons (Fsp3) is 0.500. The van der Waals surface area contributed by atoms with Crippen molar-refractivity contribution in [1.82, 2.24) is 26.3 Å². The molecule has 1 saturated carbocycles. The van der Waals surface area contributed by atoms with Crippen molar-refractivity contribution in [3.63, 3.8) is 0 Å². The summed E-state index contributed by atoms with van der Waals surface area (Å²) < 4.78 is 16.8. The van der Waals surface area contributed by atoms with Crippen molar-refractivity contribution < 1.29 is 38.5 Å². The lowest BCUT2D eigenvalue weighted by atomic mass is 9.75. The molecule has 0 saturated heterocycles. The number of ether oxygens (including phenoxy) is 3. The van der Waals surface area contributed by atoms with Crippen LogP contribution in [-0.2, 0) is 32.0 Å². The minimum atomic E-state index is -0.868. The first-order valence-corrected chi connectivity index (χ1v) is 16.8. The molecule has 2 aliphatic rings. The summed E-state index contributed by atoms with van der Waals surface area (Å²) in [6.45, 7) is 3.30. The van der Waals surface area contributed by atoms with Crippen LogP contribution in [0.3, 0.4) is 0 Å². The van der Waals surface area contributed by atoms with Crippen LogP contribution in [0.15, 0.2) is 42.6 Å². The van der Waals surface area contributed by atoms with Crippen molar-refractivity contribution in [2.75, 3.05) is 53.6 Å². The van der Waals surface area contributed by atoms with Crippen LogP contribution in [0.2, 0.25) is 0 Å². The zero-order valence-electron chi connectivity index (χ0n) is 28.6. The third kappa shape index (κ3) is 11.4. The Morgan fingerprint density at radius 2 is 1.82 bits per heavy atom. The lowest BCUT2D eigenvalue weighted by Crippen LogP contribution is -2.50. The van der Waals surface area contributed by atoms with E-state index in [1.165, 1.54) is 0 Å². The van der Waals surface area contributed by atoms with E-state index in [4.69, 9.17) is 24.1 Å². The van der Waals surface area contributed by atoms with E-state index >= 15 is 0 Å². The third-order valence-electron chi connectivity index (χ3n) is 8.65. The SMILES string of the molecule is CC(=O)O.COc1ccc2[nH]cc(CCNC(=O)C3(CC4CC4)CNC(=O)CCCNCCNC(=O)COc4cc(ccc4OC)C3)c2c1. The van der Waals surface area contributed by atoms with Crippen molar-refractivity contribution in [2.45, 2.75) is 51.9 Å². The number of fused-ring (bicyclic) bond motifs is 3. The van der Waals surface area contributed by atoms with Crippen molar-refractivity contribution in [1.29, 1.82) is 0 Å². The van der Waals surface area contributed by atoms with Crippen LogP contribution in [0, 0.1) is 11.3 Å². The molecular formula is C36H49N5O8. The summed E-state index contributed by atoms with van der Waals surface area (Å²) in [5, 5.41) is 20.9. The molecule has 13 heteroatoms. The van der Waals surface area contributed by atoms with Crippen LogP contribution in [0.1, 0.15) is 50.2 Å². The second kappa shape index (κ2) is 18.1. The standard InChI is InChI=1S/C34H45N5O6.C2H4O2/c1-43-26-8-9-28-27(17-26)25(20-38-28)11-13-37-33(42)34(18-23-5-6-23)19-24-7-10-29(44-2)30(16-24)45-21-32(41)36-15-14-35-12-3-4-31(40)39-22-34;1-2(3)4/h7-10,16-17,20,23,35,38H,3-6,11-15,18-19,21-22H2,1-2H3,(H,36,41)(H,37,42)(H,39,40);1H3,(H,3,4). The van der Waals surface area contributed by atoms with E-state index in [1.54, 1.807) is 20.3 Å². The summed E-state index contributed by atoms with van der Waals surface area (Å²) >= 11 is 0. The van der Waals surface area contributed by atoms with Crippen molar-refractivity contribution in [2.24, 2.45) is 11.3 Å². The summed E-state index contributed by atoms with van der Waals surface area (Å²) in [5.41, 5.74) is 2.10. The topological polar surface area (TPSA) is 180 Å². The highest BCUT2D eigenvalue weighted by atomic mass is 16.5. The van der Waals surface area contributed by atoms with E-state index in [0.717, 1.165) is 47.5 Å². The number of hydrogen-bond donors (Lipinski definition) is 6. The minimum absolute atomic E-state index is 0.0781. The molecule has 1 aliphatic heterocycles. The number of nitrogens with one attached hydrogen (secondary N) is 5. The molecule has 3 aromatic rings. The molecule has 1 aliphatic carbocycles. The molecule has 0 radical (unpaired) electrons. The van der Waals surface area contributed by atoms with Gasteiger partial charge in [0.25, 0.3) is 11.9 Å². The first-order chi connectivity index (χ1) is 23.6. The summed E-state index contributed by atoms with van der Waals surface area (Å²) in [7, 11) is 3.20. The number of hydrogen-bond acceptors (Lipinski definition) is 8. The van der Waals surface area contributed by atoms with Gasteiger partial charge in [0.05, 0.1) is 19.6 Å². The molecule has 1 fully saturated rings. The molecule has 3 amide bonds. The number of methoxy groups -OCH3 is 2. The number of carbonyl (C=O) groups is 4. The van der Waals surface area contributed by atoms with Crippen LogP contribution in [0.5, 0.6) is 17.2 Å². The number of aromatic amines is 1. The van der Waals surface area contributed by atoms with E-state index in [1.807, 2.05) is 36.5 Å². The zero-order valence-corrected chi connectivity index (χ0v) is 28.6. The van der Waals surface area contributed by atoms with Crippen LogP contribution in [-0.4, -0.2) is 87.3 Å². The highest BCUT2D eigenvalue weighted by Crippen LogP contribution is 2.43. The fourth-order valence-electron chi connectivity index (χ4n) is 6.00. The second-order valence-electron chi connectivity index (χ2n) is 12.6. The van der Waals surface area contributed by atoms with Crippen LogP contribution in [0.25, 0.3) is 10.9 Å². The molecule has 0 spiro atoms. The number of amides is 3. The number of aliphatic carboxylic acids is 1. The summed E-state index contributed by atoms with van der Waals surface area (Å²) in [6.07, 6.45) is 6.81. The first-order valence-electron chi connectivity index (χ1n) is 16.8. The van der Waals surface area contributed by atoms with Crippen molar-refractivity contribution >= 4 is 34.6 Å². The summed E-state index contributed by atoms with van der Waals surface area (Å²) in [5.74, 6) is 0.913. The Hall–Kier alpha value is -4.78. The lowest BCUT2D eigenvalue weighted by molar-refractivity contribution is -0.134. The Kier molecular flexibility index (Phi) is 13.7. The molecule has 2 heterocycles. The zero-order chi connectivity index (χ0) is 35.2. The summed E-state index contributed by atoms with van der Waals surface area (Å²) in [4.78, 5) is 51.9. The maximum absolute atomic E-state index is 14.3. The van der Waals surface area contributed by atoms with Gasteiger partial charge >= 0.3 is 0 Å². The van der Waals surface area contributed by atoms with Crippen molar-refractivity contribution in [3.8, 4) is 17.2 Å². The van der Waals surface area contributed by atoms with Gasteiger partial charge in [-0.1, -0.05) is 18.9 Å². The molecule has 2 aromatic carbocycles. The Balaban J connectivity index is 0.00000128. The highest BCUT2D eigenvalue weighted by molar-refractivity contribution is 5.86. The molecule has 266 valence electrons. The third-order valence-corrected chi connectivity index (χ3v) is 8.65. The Bertz CT molecular complexity index is 1580. The molecule has 13 nitrogen and oxygen atoms in total. The van der Waals surface area contributed by atoms with Gasteiger partial charge in [-0.05, 0) is 79.6 Å². The van der Waals surface area contributed by atoms with E-state index in [9.17, 15) is 14.4 Å². The fourth-order valence-corrected chi connectivity index (χ4v) is 6.00. The molecule has 2 bridgehead atoms. The molecular weight excluding hydrogens is 630 g/mol. The van der Waals surface area contributed by atoms with Gasteiger partial charge < -0.3 is 45.6 Å². The van der Waals surface area contributed by atoms with Crippen LogP contribution in [0.4, 0.5) is 0 Å². The largest absolute Gasteiger partial charge is 0.497 e. The first kappa shape index (κ1) is 37.0. The highest BCUT2D eigenvalue weighted by Gasteiger charge is 2.43. The Morgan fingerprint density at radius 3 is 2.55 bits per heavy atom. The van der Waals surface area contributed by atoms with E-state index < -0.39 is 11.4 Å². The number of aromatic nitrogens is 1. The normalized spacial score (nSPS) is 19.1. The molecule has 1 unspecified atom stereocenters. The molecule has 1 atom stereocenters. The monoisotopic (exact) mass is 679 g/mol. The number of carboxylic acids is 1. The van der Waals surface area contributed by atoms with Gasteiger partial charge in [0.15, 0.2) is 18.1 Å². The number of rotatable bonds is 8. The average molecular weight is 680 g/mol. The van der Waals surface area contributed by atoms with Crippen LogP contribution < -0.4 is 35.5 Å². The smallest absolute Gasteiger partial charge is 0.300 e. The second-order valence-corrected chi connectivity index (χ2v) is 12.6. The van der Waals surface area contributed by atoms with Gasteiger partial charge in [-0.25, -0.2) is 0 Å². The minimum Gasteiger partial charge on any atom is -0.497 e. The number of carboxylic acid groups (broad SMARTS) is 1. The Labute approximate surface area is 286 Å². The Morgan fingerprint density at radius 1 is 1.02 bits per heavy atom. The van der Waals surface area contributed by atoms with Gasteiger partial charge in [0, 0.05) is 56.6 Å². The van der Waals surface area contributed by atoms with Crippen LogP contribution >= 0.6 is 0 Å². The quantitative estimate of drug-likeness (QED) is 0.209. The van der Waals surface area contributed by atoms with E-state index in [0.29, 0.717) is 75.7 Å². The molecule has 6 N–H and O–H groups in total. The predicted octanol–water partition coefficient (Wildman–Crippen LogP) is 2.96. The number of H-pyrrole nitrogens is 1. The number of carbonyl (C=O) groups excluding carboxylic acids is 3. The van der Waals surface area contributed by atoms with E-state index in [-0.39, 0.29) is 30.9 Å². The van der Waals surface area contributed by atoms with Gasteiger partial charge in [-0.2, -0.15) is 0 Å². The van der Waals surface area contributed by atoms with E-state index in [2.05, 4.69) is 26.3 Å². The average Bonchev–Trinajstić information content (AvgIpc) is 3.81. The van der Waals surface area contributed by atoms with Crippen molar-refractivity contribution in [3.05, 3.63) is 53.7 Å². The maximum Gasteiger partial charge on any atom is 0.300 e. The lowest BCUT2D eigenvalue weighted by Gasteiger charge is -2.33. The van der Waals surface area contributed by atoms with Gasteiger partial charge in [-0.3, -0.25) is 19.2 Å². The molecule has 49 heavy (non-hydrogen) atoms. The van der Waals surface area contributed by atoms with Gasteiger partial charge in [0.1, 0.15) is 5.75 Å². The summed E-state index contributed by atoms with van der Waals surface area (Å²) in [6, 6.07) is 11.5. The number of benzene rings is 2. The van der Waals surface area contributed by atoms with Gasteiger partial charge in [0.2, 0.25) is 11.8 Å². The predicted molar refractivity (Wildman–Crippen MR) is 185 cm³/mol. The molecule has 5 rings (SSSR count). The maximum atomic E-state index is 14.3. The van der Waals surface area contributed by atoms with Gasteiger partial charge in [-0.15, -0.1) is 0 Å². The molecule has 1 aromatic heterocycles.